The van der Waals surface area contributed by atoms with Crippen molar-refractivity contribution in [2.45, 2.75) is 51.1 Å². The van der Waals surface area contributed by atoms with Gasteiger partial charge < -0.3 is 10.1 Å². The number of nitrogens with one attached hydrogen (secondary N) is 1. The first-order valence-electron chi connectivity index (χ1n) is 6.81. The maximum absolute atomic E-state index is 5.69. The summed E-state index contributed by atoms with van der Waals surface area (Å²) in [7, 11) is 0. The molecule has 2 saturated heterocycles. The number of rotatable bonds is 2. The Labute approximate surface area is 99.5 Å². The Bertz CT molecular complexity index is 214. The van der Waals surface area contributed by atoms with Crippen LogP contribution in [0.25, 0.3) is 0 Å². The van der Waals surface area contributed by atoms with Gasteiger partial charge in [0, 0.05) is 31.3 Å². The second kappa shape index (κ2) is 5.48. The van der Waals surface area contributed by atoms with Crippen molar-refractivity contribution < 1.29 is 4.74 Å². The average molecular weight is 226 g/mol. The van der Waals surface area contributed by atoms with Gasteiger partial charge in [-0.15, -0.1) is 0 Å². The van der Waals surface area contributed by atoms with Gasteiger partial charge in [0.25, 0.3) is 0 Å². The third kappa shape index (κ3) is 2.76. The van der Waals surface area contributed by atoms with E-state index in [0.717, 1.165) is 13.2 Å². The van der Waals surface area contributed by atoms with Gasteiger partial charge in [-0.1, -0.05) is 6.92 Å². The molecule has 0 spiro atoms. The molecule has 2 rings (SSSR count). The van der Waals surface area contributed by atoms with E-state index in [1.165, 1.54) is 45.3 Å². The summed E-state index contributed by atoms with van der Waals surface area (Å²) in [5, 5.41) is 3.64. The van der Waals surface area contributed by atoms with Crippen LogP contribution in [0, 0.1) is 0 Å². The van der Waals surface area contributed by atoms with Gasteiger partial charge in [0.15, 0.2) is 0 Å². The van der Waals surface area contributed by atoms with E-state index in [9.17, 15) is 0 Å². The molecule has 0 aromatic carbocycles. The summed E-state index contributed by atoms with van der Waals surface area (Å²) in [5.74, 6) is 0. The lowest BCUT2D eigenvalue weighted by Crippen LogP contribution is -2.54. The van der Waals surface area contributed by atoms with Gasteiger partial charge >= 0.3 is 0 Å². The topological polar surface area (TPSA) is 24.5 Å². The Balaban J connectivity index is 1.99. The molecule has 0 saturated carbocycles. The molecule has 0 radical (unpaired) electrons. The zero-order valence-electron chi connectivity index (χ0n) is 10.8. The first kappa shape index (κ1) is 12.3. The van der Waals surface area contributed by atoms with E-state index in [4.69, 9.17) is 4.74 Å². The second-order valence-corrected chi connectivity index (χ2v) is 5.51. The van der Waals surface area contributed by atoms with Gasteiger partial charge in [-0.3, -0.25) is 4.90 Å². The number of hydrogen-bond donors (Lipinski definition) is 1. The largest absolute Gasteiger partial charge is 0.380 e. The van der Waals surface area contributed by atoms with E-state index in [1.54, 1.807) is 0 Å². The van der Waals surface area contributed by atoms with Crippen LogP contribution < -0.4 is 5.32 Å². The number of ether oxygens (including phenoxy) is 1. The third-order valence-electron chi connectivity index (χ3n) is 4.15. The highest BCUT2D eigenvalue weighted by atomic mass is 16.5. The van der Waals surface area contributed by atoms with Crippen molar-refractivity contribution in [3.8, 4) is 0 Å². The predicted molar refractivity (Wildman–Crippen MR) is 66.7 cm³/mol. The molecule has 0 bridgehead atoms. The Kier molecular flexibility index (Phi) is 4.22. The van der Waals surface area contributed by atoms with Crippen molar-refractivity contribution in [3.05, 3.63) is 0 Å². The van der Waals surface area contributed by atoms with Gasteiger partial charge in [0.2, 0.25) is 0 Å². The summed E-state index contributed by atoms with van der Waals surface area (Å²) < 4.78 is 5.69. The van der Waals surface area contributed by atoms with Crippen LogP contribution in [0.4, 0.5) is 0 Å². The van der Waals surface area contributed by atoms with Gasteiger partial charge in [0.05, 0.1) is 6.61 Å². The molecule has 2 aliphatic rings. The minimum atomic E-state index is 0.289. The van der Waals surface area contributed by atoms with Crippen LogP contribution in [-0.2, 0) is 4.74 Å². The first-order valence-corrected chi connectivity index (χ1v) is 6.81. The van der Waals surface area contributed by atoms with Gasteiger partial charge in [0.1, 0.15) is 0 Å². The molecule has 2 atom stereocenters. The quantitative estimate of drug-likeness (QED) is 0.774. The Morgan fingerprint density at radius 3 is 3.00 bits per heavy atom. The SMILES string of the molecule is CCC1CN(C2(C)CCCOC2)CCCN1. The molecule has 2 fully saturated rings. The van der Waals surface area contributed by atoms with E-state index < -0.39 is 0 Å². The van der Waals surface area contributed by atoms with Crippen molar-refractivity contribution in [1.82, 2.24) is 10.2 Å². The lowest BCUT2D eigenvalue weighted by molar-refractivity contribution is -0.0403. The van der Waals surface area contributed by atoms with Crippen LogP contribution in [0.1, 0.15) is 39.5 Å². The van der Waals surface area contributed by atoms with Crippen LogP contribution in [0.2, 0.25) is 0 Å². The summed E-state index contributed by atoms with van der Waals surface area (Å²) in [6.45, 7) is 10.1. The van der Waals surface area contributed by atoms with Crippen molar-refractivity contribution >= 4 is 0 Å². The maximum atomic E-state index is 5.69. The van der Waals surface area contributed by atoms with Crippen LogP contribution in [0.3, 0.4) is 0 Å². The zero-order chi connectivity index (χ0) is 11.4. The van der Waals surface area contributed by atoms with Crippen molar-refractivity contribution in [2.24, 2.45) is 0 Å². The van der Waals surface area contributed by atoms with Crippen molar-refractivity contribution in [2.75, 3.05) is 32.8 Å². The molecular formula is C13H26N2O. The van der Waals surface area contributed by atoms with Crippen molar-refractivity contribution in [1.29, 1.82) is 0 Å². The van der Waals surface area contributed by atoms with E-state index in [2.05, 4.69) is 24.1 Å². The highest BCUT2D eigenvalue weighted by Gasteiger charge is 2.35. The van der Waals surface area contributed by atoms with Crippen molar-refractivity contribution in [3.63, 3.8) is 0 Å². The Hall–Kier alpha value is -0.120. The molecule has 3 nitrogen and oxygen atoms in total. The highest BCUT2D eigenvalue weighted by molar-refractivity contribution is 4.91. The minimum absolute atomic E-state index is 0.289. The van der Waals surface area contributed by atoms with E-state index >= 15 is 0 Å². The van der Waals surface area contributed by atoms with Gasteiger partial charge in [-0.25, -0.2) is 0 Å². The molecule has 0 aliphatic carbocycles. The lowest BCUT2D eigenvalue weighted by Gasteiger charge is -2.44. The number of hydrogen-bond acceptors (Lipinski definition) is 3. The molecular weight excluding hydrogens is 200 g/mol. The molecule has 2 aliphatic heterocycles. The maximum Gasteiger partial charge on any atom is 0.0647 e. The summed E-state index contributed by atoms with van der Waals surface area (Å²) in [5.41, 5.74) is 0.289. The molecule has 2 unspecified atom stereocenters. The minimum Gasteiger partial charge on any atom is -0.380 e. The fourth-order valence-corrected chi connectivity index (χ4v) is 2.93. The summed E-state index contributed by atoms with van der Waals surface area (Å²) in [6.07, 6.45) is 5.01. The molecule has 2 heterocycles. The van der Waals surface area contributed by atoms with Gasteiger partial charge in [-0.2, -0.15) is 0 Å². The first-order chi connectivity index (χ1) is 7.74. The predicted octanol–water partition coefficient (Wildman–Crippen LogP) is 1.63. The smallest absolute Gasteiger partial charge is 0.0647 e. The summed E-state index contributed by atoms with van der Waals surface area (Å²) in [4.78, 5) is 2.67. The molecule has 0 amide bonds. The van der Waals surface area contributed by atoms with E-state index in [-0.39, 0.29) is 5.54 Å². The third-order valence-corrected chi connectivity index (χ3v) is 4.15. The fourth-order valence-electron chi connectivity index (χ4n) is 2.93. The lowest BCUT2D eigenvalue weighted by atomic mass is 9.92. The van der Waals surface area contributed by atoms with E-state index in [1.807, 2.05) is 0 Å². The molecule has 0 aromatic rings. The number of nitrogens with zero attached hydrogens (tertiary/aromatic N) is 1. The van der Waals surface area contributed by atoms with Crippen LogP contribution in [0.15, 0.2) is 0 Å². The summed E-state index contributed by atoms with van der Waals surface area (Å²) >= 11 is 0. The Morgan fingerprint density at radius 1 is 1.44 bits per heavy atom. The molecule has 0 aromatic heterocycles. The Morgan fingerprint density at radius 2 is 2.31 bits per heavy atom. The van der Waals surface area contributed by atoms with Gasteiger partial charge in [-0.05, 0) is 39.2 Å². The van der Waals surface area contributed by atoms with E-state index in [0.29, 0.717) is 6.04 Å². The van der Waals surface area contributed by atoms with Crippen LogP contribution in [0.5, 0.6) is 0 Å². The average Bonchev–Trinajstić information content (AvgIpc) is 2.55. The highest BCUT2D eigenvalue weighted by Crippen LogP contribution is 2.27. The fraction of sp³-hybridized carbons (Fsp3) is 1.00. The van der Waals surface area contributed by atoms with Crippen LogP contribution in [-0.4, -0.2) is 49.3 Å². The summed E-state index contributed by atoms with van der Waals surface area (Å²) in [6, 6.07) is 0.668. The molecule has 16 heavy (non-hydrogen) atoms. The normalized spacial score (nSPS) is 38.2. The second-order valence-electron chi connectivity index (χ2n) is 5.51. The standard InChI is InChI=1S/C13H26N2O/c1-3-12-10-15(8-5-7-14-12)13(2)6-4-9-16-11-13/h12,14H,3-11H2,1-2H3. The molecule has 3 heteroatoms. The van der Waals surface area contributed by atoms with Crippen LogP contribution >= 0.6 is 0 Å². The molecule has 1 N–H and O–H groups in total. The monoisotopic (exact) mass is 226 g/mol. The molecule has 94 valence electrons. The zero-order valence-corrected chi connectivity index (χ0v) is 10.8.